The van der Waals surface area contributed by atoms with Gasteiger partial charge in [-0.3, -0.25) is 9.69 Å². The predicted molar refractivity (Wildman–Crippen MR) is 120 cm³/mol. The van der Waals surface area contributed by atoms with Crippen molar-refractivity contribution < 1.29 is 14.1 Å². The molecule has 1 saturated heterocycles. The molecule has 31 heavy (non-hydrogen) atoms. The number of amides is 1. The second kappa shape index (κ2) is 9.98. The van der Waals surface area contributed by atoms with Crippen molar-refractivity contribution in [2.24, 2.45) is 0 Å². The summed E-state index contributed by atoms with van der Waals surface area (Å²) in [4.78, 5) is 15.2. The molecule has 2 heterocycles. The quantitative estimate of drug-likeness (QED) is 0.563. The van der Waals surface area contributed by atoms with Crippen LogP contribution in [0.25, 0.3) is 11.3 Å². The summed E-state index contributed by atoms with van der Waals surface area (Å²) in [5.74, 6) is 1.02. The lowest BCUT2D eigenvalue weighted by Crippen LogP contribution is -2.40. The van der Waals surface area contributed by atoms with Gasteiger partial charge in [0.25, 0.3) is 5.91 Å². The van der Waals surface area contributed by atoms with Crippen LogP contribution in [0.1, 0.15) is 41.4 Å². The summed E-state index contributed by atoms with van der Waals surface area (Å²) in [5.41, 5.74) is 2.11. The summed E-state index contributed by atoms with van der Waals surface area (Å²) in [6, 6.07) is 16.9. The first-order chi connectivity index (χ1) is 15.2. The van der Waals surface area contributed by atoms with E-state index in [2.05, 4.69) is 15.4 Å². The van der Waals surface area contributed by atoms with Crippen molar-refractivity contribution in [2.45, 2.75) is 25.3 Å². The maximum absolute atomic E-state index is 12.8. The minimum atomic E-state index is -0.266. The van der Waals surface area contributed by atoms with E-state index in [1.807, 2.05) is 48.5 Å². The Morgan fingerprint density at radius 1 is 1.16 bits per heavy atom. The van der Waals surface area contributed by atoms with Gasteiger partial charge >= 0.3 is 0 Å². The number of benzene rings is 2. The molecular formula is C24H26ClN3O3. The molecule has 1 N–H and O–H groups in total. The molecule has 0 aliphatic carbocycles. The molecule has 4 rings (SSSR count). The van der Waals surface area contributed by atoms with Crippen molar-refractivity contribution in [1.29, 1.82) is 0 Å². The van der Waals surface area contributed by atoms with Gasteiger partial charge in [-0.2, -0.15) is 0 Å². The molecule has 7 heteroatoms. The van der Waals surface area contributed by atoms with Gasteiger partial charge in [-0.05, 0) is 61.8 Å². The van der Waals surface area contributed by atoms with E-state index in [1.54, 1.807) is 13.2 Å². The molecule has 162 valence electrons. The molecular weight excluding hydrogens is 414 g/mol. The molecule has 2 aromatic carbocycles. The Morgan fingerprint density at radius 3 is 2.61 bits per heavy atom. The molecule has 1 amide bonds. The van der Waals surface area contributed by atoms with Crippen LogP contribution in [0.5, 0.6) is 5.75 Å². The van der Waals surface area contributed by atoms with Crippen LogP contribution in [0.2, 0.25) is 5.02 Å². The number of halogens is 1. The fourth-order valence-electron chi connectivity index (χ4n) is 3.96. The van der Waals surface area contributed by atoms with E-state index in [-0.39, 0.29) is 17.6 Å². The fourth-order valence-corrected chi connectivity index (χ4v) is 4.23. The maximum atomic E-state index is 12.8. The molecule has 1 fully saturated rings. The first-order valence-corrected chi connectivity index (χ1v) is 10.9. The van der Waals surface area contributed by atoms with Gasteiger partial charge in [0.05, 0.1) is 13.2 Å². The van der Waals surface area contributed by atoms with Crippen molar-refractivity contribution in [2.75, 3.05) is 26.7 Å². The van der Waals surface area contributed by atoms with Crippen LogP contribution in [0.4, 0.5) is 0 Å². The van der Waals surface area contributed by atoms with Gasteiger partial charge in [0.15, 0.2) is 11.5 Å². The monoisotopic (exact) mass is 439 g/mol. The molecule has 6 nitrogen and oxygen atoms in total. The van der Waals surface area contributed by atoms with Crippen molar-refractivity contribution in [3.8, 4) is 17.1 Å². The smallest absolute Gasteiger partial charge is 0.273 e. The third kappa shape index (κ3) is 5.09. The molecule has 1 aliphatic heterocycles. The van der Waals surface area contributed by atoms with Crippen LogP contribution >= 0.6 is 11.6 Å². The maximum Gasteiger partial charge on any atom is 0.273 e. The Labute approximate surface area is 187 Å². The number of aromatic nitrogens is 1. The number of ether oxygens (including phenoxy) is 1. The van der Waals surface area contributed by atoms with E-state index in [9.17, 15) is 4.79 Å². The average Bonchev–Trinajstić information content (AvgIpc) is 3.31. The zero-order valence-electron chi connectivity index (χ0n) is 17.5. The van der Waals surface area contributed by atoms with E-state index >= 15 is 0 Å². The van der Waals surface area contributed by atoms with Gasteiger partial charge in [0, 0.05) is 23.2 Å². The second-order valence-electron chi connectivity index (χ2n) is 7.65. The number of hydrogen-bond acceptors (Lipinski definition) is 5. The zero-order chi connectivity index (χ0) is 21.6. The fraction of sp³-hybridized carbons (Fsp3) is 0.333. The summed E-state index contributed by atoms with van der Waals surface area (Å²) in [5, 5.41) is 7.70. The van der Waals surface area contributed by atoms with Gasteiger partial charge in [-0.1, -0.05) is 41.4 Å². The molecule has 3 aromatic rings. The van der Waals surface area contributed by atoms with Crippen molar-refractivity contribution in [3.63, 3.8) is 0 Å². The van der Waals surface area contributed by atoms with E-state index in [0.717, 1.165) is 47.8 Å². The first-order valence-electron chi connectivity index (χ1n) is 10.5. The molecule has 1 aliphatic rings. The Kier molecular flexibility index (Phi) is 6.89. The summed E-state index contributed by atoms with van der Waals surface area (Å²) in [6.45, 7) is 2.45. The van der Waals surface area contributed by atoms with Gasteiger partial charge in [0.1, 0.15) is 5.75 Å². The molecule has 0 bridgehead atoms. The number of methoxy groups -OCH3 is 1. The summed E-state index contributed by atoms with van der Waals surface area (Å²) < 4.78 is 10.6. The second-order valence-corrected chi connectivity index (χ2v) is 8.06. The third-order valence-corrected chi connectivity index (χ3v) is 6.01. The van der Waals surface area contributed by atoms with E-state index in [1.165, 1.54) is 6.42 Å². The Hall–Kier alpha value is -2.83. The predicted octanol–water partition coefficient (Wildman–Crippen LogP) is 4.96. The third-order valence-electron chi connectivity index (χ3n) is 5.67. The van der Waals surface area contributed by atoms with Crippen LogP contribution in [0.3, 0.4) is 0 Å². The van der Waals surface area contributed by atoms with Crippen molar-refractivity contribution >= 4 is 17.5 Å². The van der Waals surface area contributed by atoms with Gasteiger partial charge in [-0.15, -0.1) is 0 Å². The highest BCUT2D eigenvalue weighted by molar-refractivity contribution is 6.31. The molecule has 0 unspecified atom stereocenters. The number of nitrogens with zero attached hydrogens (tertiary/aromatic N) is 2. The topological polar surface area (TPSA) is 67.6 Å². The largest absolute Gasteiger partial charge is 0.497 e. The lowest BCUT2D eigenvalue weighted by molar-refractivity contribution is 0.0915. The highest BCUT2D eigenvalue weighted by Gasteiger charge is 2.25. The summed E-state index contributed by atoms with van der Waals surface area (Å²) in [7, 11) is 1.62. The summed E-state index contributed by atoms with van der Waals surface area (Å²) >= 11 is 6.49. The van der Waals surface area contributed by atoms with Gasteiger partial charge in [0.2, 0.25) is 0 Å². The number of piperidine rings is 1. The molecule has 0 radical (unpaired) electrons. The highest BCUT2D eigenvalue weighted by Crippen LogP contribution is 2.29. The number of carbonyl (C=O) groups is 1. The Balaban J connectivity index is 1.46. The van der Waals surface area contributed by atoms with E-state index in [0.29, 0.717) is 12.3 Å². The lowest BCUT2D eigenvalue weighted by Gasteiger charge is -2.35. The number of nitrogens with one attached hydrogen (secondary N) is 1. The molecule has 1 atom stereocenters. The van der Waals surface area contributed by atoms with Crippen LogP contribution in [0.15, 0.2) is 59.1 Å². The van der Waals surface area contributed by atoms with Crippen LogP contribution in [0, 0.1) is 0 Å². The normalized spacial score (nSPS) is 15.4. The molecule has 0 spiro atoms. The Morgan fingerprint density at radius 2 is 1.90 bits per heavy atom. The SMILES string of the molecule is COc1ccc(-c2cc(C(=O)NC[C@H](c3ccccc3Cl)N3CCCCC3)no2)cc1. The zero-order valence-corrected chi connectivity index (χ0v) is 18.3. The minimum Gasteiger partial charge on any atom is -0.497 e. The molecule has 1 aromatic heterocycles. The highest BCUT2D eigenvalue weighted by atomic mass is 35.5. The Bertz CT molecular complexity index is 1010. The first kappa shape index (κ1) is 21.4. The van der Waals surface area contributed by atoms with E-state index in [4.69, 9.17) is 20.9 Å². The lowest BCUT2D eigenvalue weighted by atomic mass is 10.0. The van der Waals surface area contributed by atoms with Crippen LogP contribution < -0.4 is 10.1 Å². The standard InChI is InChI=1S/C24H26ClN3O3/c1-30-18-11-9-17(10-12-18)23-15-21(27-31-23)24(29)26-16-22(28-13-5-2-6-14-28)19-7-3-4-8-20(19)25/h3-4,7-12,15,22H,2,5-6,13-14,16H2,1H3,(H,26,29)/t22-/m1/s1. The van der Waals surface area contributed by atoms with Crippen molar-refractivity contribution in [3.05, 3.63) is 70.9 Å². The number of likely N-dealkylation sites (tertiary alicyclic amines) is 1. The molecule has 0 saturated carbocycles. The van der Waals surface area contributed by atoms with Crippen molar-refractivity contribution in [1.82, 2.24) is 15.4 Å². The summed E-state index contributed by atoms with van der Waals surface area (Å²) in [6.07, 6.45) is 3.55. The van der Waals surface area contributed by atoms with E-state index < -0.39 is 0 Å². The number of carbonyl (C=O) groups excluding carboxylic acids is 1. The number of rotatable bonds is 7. The van der Waals surface area contributed by atoms with Crippen LogP contribution in [-0.4, -0.2) is 42.7 Å². The number of hydrogen-bond donors (Lipinski definition) is 1. The average molecular weight is 440 g/mol. The van der Waals surface area contributed by atoms with Gasteiger partial charge < -0.3 is 14.6 Å². The minimum absolute atomic E-state index is 0.0194. The van der Waals surface area contributed by atoms with Gasteiger partial charge in [-0.25, -0.2) is 0 Å². The van der Waals surface area contributed by atoms with Crippen LogP contribution in [-0.2, 0) is 0 Å².